The first-order valence-electron chi connectivity index (χ1n) is 11.8. The SMILES string of the molecule is CC/C(=C(/CC)c1ccc(OCC[N+](C)(C)C)cc1)c1ccc(OCC[N+](C)(C)C)cc1.[I-].[I-]. The van der Waals surface area contributed by atoms with Gasteiger partial charge in [0.15, 0.2) is 0 Å². The summed E-state index contributed by atoms with van der Waals surface area (Å²) in [4.78, 5) is 0. The summed E-state index contributed by atoms with van der Waals surface area (Å²) in [5.74, 6) is 1.87. The zero-order valence-electron chi connectivity index (χ0n) is 22.3. The van der Waals surface area contributed by atoms with E-state index in [0.717, 1.165) is 59.6 Å². The fourth-order valence-electron chi connectivity index (χ4n) is 3.56. The molecule has 0 atom stereocenters. The Labute approximate surface area is 242 Å². The molecule has 0 radical (unpaired) electrons. The number of benzene rings is 2. The second-order valence-electron chi connectivity index (χ2n) is 10.4. The van der Waals surface area contributed by atoms with Crippen LogP contribution in [0.15, 0.2) is 48.5 Å². The van der Waals surface area contributed by atoms with Crippen molar-refractivity contribution in [2.75, 3.05) is 68.6 Å². The van der Waals surface area contributed by atoms with Crippen LogP contribution in [0.2, 0.25) is 0 Å². The molecule has 0 aliphatic carbocycles. The molecule has 192 valence electrons. The number of nitrogens with zero attached hydrogens (tertiary/aromatic N) is 2. The van der Waals surface area contributed by atoms with E-state index in [1.54, 1.807) is 0 Å². The van der Waals surface area contributed by atoms with Crippen molar-refractivity contribution in [2.45, 2.75) is 26.7 Å². The van der Waals surface area contributed by atoms with Gasteiger partial charge in [-0.15, -0.1) is 0 Å². The summed E-state index contributed by atoms with van der Waals surface area (Å²) in [6.07, 6.45) is 1.99. The Bertz CT molecular complexity index is 792. The fourth-order valence-corrected chi connectivity index (χ4v) is 3.56. The van der Waals surface area contributed by atoms with Crippen LogP contribution in [0.5, 0.6) is 11.5 Å². The van der Waals surface area contributed by atoms with E-state index in [2.05, 4.69) is 105 Å². The molecule has 0 spiro atoms. The van der Waals surface area contributed by atoms with Gasteiger partial charge in [0.05, 0.1) is 42.3 Å². The monoisotopic (exact) mass is 694 g/mol. The Morgan fingerprint density at radius 2 is 0.853 bits per heavy atom. The van der Waals surface area contributed by atoms with E-state index in [9.17, 15) is 0 Å². The van der Waals surface area contributed by atoms with Crippen molar-refractivity contribution in [1.29, 1.82) is 0 Å². The molecule has 0 bridgehead atoms. The summed E-state index contributed by atoms with van der Waals surface area (Å²) in [5.41, 5.74) is 5.33. The highest BCUT2D eigenvalue weighted by molar-refractivity contribution is 5.90. The van der Waals surface area contributed by atoms with Crippen molar-refractivity contribution in [3.8, 4) is 11.5 Å². The van der Waals surface area contributed by atoms with E-state index in [1.165, 1.54) is 22.3 Å². The molecule has 0 amide bonds. The van der Waals surface area contributed by atoms with Crippen molar-refractivity contribution in [1.82, 2.24) is 0 Å². The summed E-state index contributed by atoms with van der Waals surface area (Å²) in [7, 11) is 13.1. The van der Waals surface area contributed by atoms with Crippen molar-refractivity contribution in [2.24, 2.45) is 0 Å². The number of hydrogen-bond donors (Lipinski definition) is 0. The molecule has 6 heteroatoms. The van der Waals surface area contributed by atoms with Gasteiger partial charge >= 0.3 is 0 Å². The van der Waals surface area contributed by atoms with Gasteiger partial charge in [0.25, 0.3) is 0 Å². The van der Waals surface area contributed by atoms with E-state index in [4.69, 9.17) is 9.47 Å². The minimum absolute atomic E-state index is 0. The molecule has 2 rings (SSSR count). The first-order valence-corrected chi connectivity index (χ1v) is 11.8. The van der Waals surface area contributed by atoms with Crippen molar-refractivity contribution in [3.05, 3.63) is 59.7 Å². The van der Waals surface area contributed by atoms with Crippen molar-refractivity contribution < 1.29 is 66.4 Å². The number of rotatable bonds is 12. The summed E-state index contributed by atoms with van der Waals surface area (Å²) in [6, 6.07) is 17.2. The first-order chi connectivity index (χ1) is 15.0. The van der Waals surface area contributed by atoms with E-state index < -0.39 is 0 Å². The second kappa shape index (κ2) is 15.3. The van der Waals surface area contributed by atoms with Crippen LogP contribution < -0.4 is 57.4 Å². The third-order valence-electron chi connectivity index (χ3n) is 5.54. The van der Waals surface area contributed by atoms with Gasteiger partial charge < -0.3 is 66.4 Å². The van der Waals surface area contributed by atoms with Gasteiger partial charge in [0.1, 0.15) is 37.8 Å². The zero-order valence-corrected chi connectivity index (χ0v) is 26.6. The fraction of sp³-hybridized carbons (Fsp3) is 0.500. The maximum absolute atomic E-state index is 5.94. The van der Waals surface area contributed by atoms with Gasteiger partial charge in [-0.05, 0) is 59.4 Å². The van der Waals surface area contributed by atoms with Gasteiger partial charge in [-0.25, -0.2) is 0 Å². The number of allylic oxidation sites excluding steroid dienone is 2. The lowest BCUT2D eigenvalue weighted by atomic mass is 9.91. The molecular weight excluding hydrogens is 650 g/mol. The molecule has 0 aliphatic heterocycles. The minimum atomic E-state index is 0. The Morgan fingerprint density at radius 1 is 0.559 bits per heavy atom. The topological polar surface area (TPSA) is 18.5 Å². The lowest BCUT2D eigenvalue weighted by Crippen LogP contribution is -3.00. The van der Waals surface area contributed by atoms with Crippen molar-refractivity contribution in [3.63, 3.8) is 0 Å². The van der Waals surface area contributed by atoms with Gasteiger partial charge in [-0.3, -0.25) is 0 Å². The molecule has 0 unspecified atom stereocenters. The highest BCUT2D eigenvalue weighted by Crippen LogP contribution is 2.33. The molecular formula is C28H44I2N2O2. The number of hydrogen-bond acceptors (Lipinski definition) is 2. The highest BCUT2D eigenvalue weighted by atomic mass is 127. The average Bonchev–Trinajstić information content (AvgIpc) is 2.71. The van der Waals surface area contributed by atoms with Crippen LogP contribution in [0.1, 0.15) is 37.8 Å². The predicted octanol–water partition coefficient (Wildman–Crippen LogP) is -0.405. The van der Waals surface area contributed by atoms with Crippen LogP contribution in [0, 0.1) is 0 Å². The smallest absolute Gasteiger partial charge is 0.137 e. The summed E-state index contributed by atoms with van der Waals surface area (Å²) in [6.45, 7) is 7.89. The van der Waals surface area contributed by atoms with E-state index in [-0.39, 0.29) is 48.0 Å². The van der Waals surface area contributed by atoms with E-state index >= 15 is 0 Å². The van der Waals surface area contributed by atoms with Crippen LogP contribution in [-0.2, 0) is 0 Å². The van der Waals surface area contributed by atoms with Gasteiger partial charge in [-0.2, -0.15) is 0 Å². The number of halogens is 2. The average molecular weight is 694 g/mol. The molecule has 4 nitrogen and oxygen atoms in total. The molecule has 2 aromatic rings. The lowest BCUT2D eigenvalue weighted by molar-refractivity contribution is -0.870. The minimum Gasteiger partial charge on any atom is -1.00 e. The summed E-state index contributed by atoms with van der Waals surface area (Å²) in [5, 5.41) is 0. The predicted molar refractivity (Wildman–Crippen MR) is 137 cm³/mol. The maximum atomic E-state index is 5.94. The van der Waals surface area contributed by atoms with E-state index in [1.807, 2.05) is 0 Å². The second-order valence-corrected chi connectivity index (χ2v) is 10.4. The number of ether oxygens (including phenoxy) is 2. The first kappa shape index (κ1) is 33.2. The molecule has 2 aromatic carbocycles. The van der Waals surface area contributed by atoms with Crippen LogP contribution in [0.25, 0.3) is 11.1 Å². The molecule has 0 aromatic heterocycles. The third kappa shape index (κ3) is 11.7. The molecule has 0 heterocycles. The Morgan fingerprint density at radius 3 is 1.09 bits per heavy atom. The molecule has 0 saturated heterocycles. The molecule has 0 fully saturated rings. The number of likely N-dealkylation sites (N-methyl/N-ethyl adjacent to an activating group) is 2. The Kier molecular flexibility index (Phi) is 14.9. The molecule has 0 N–H and O–H groups in total. The maximum Gasteiger partial charge on any atom is 0.137 e. The molecule has 34 heavy (non-hydrogen) atoms. The standard InChI is InChI=1S/C28H44N2O2.2HI/c1-9-27(23-11-15-25(16-12-23)31-21-19-29(3,4)5)28(10-2)24-13-17-26(18-14-24)32-22-20-30(6,7)8;;/h11-18H,9-10,19-22H2,1-8H3;2*1H/q+2;;/p-2/b28-27+;;. The molecule has 0 aliphatic rings. The van der Waals surface area contributed by atoms with Gasteiger partial charge in [0.2, 0.25) is 0 Å². The largest absolute Gasteiger partial charge is 1.00 e. The molecule has 0 saturated carbocycles. The van der Waals surface area contributed by atoms with Crippen LogP contribution >= 0.6 is 0 Å². The number of quaternary nitrogens is 2. The third-order valence-corrected chi connectivity index (χ3v) is 5.54. The van der Waals surface area contributed by atoms with Gasteiger partial charge in [-0.1, -0.05) is 38.1 Å². The zero-order chi connectivity index (χ0) is 23.8. The van der Waals surface area contributed by atoms with E-state index in [0.29, 0.717) is 0 Å². The lowest BCUT2D eigenvalue weighted by Gasteiger charge is -2.23. The normalized spacial score (nSPS) is 12.2. The Hall–Kier alpha value is -0.840. The summed E-state index contributed by atoms with van der Waals surface area (Å²) >= 11 is 0. The quantitative estimate of drug-likeness (QED) is 0.171. The Balaban J connectivity index is 0.00000544. The highest BCUT2D eigenvalue weighted by Gasteiger charge is 2.11. The van der Waals surface area contributed by atoms with Gasteiger partial charge in [0, 0.05) is 0 Å². The summed E-state index contributed by atoms with van der Waals surface area (Å²) < 4.78 is 13.7. The van der Waals surface area contributed by atoms with Crippen LogP contribution in [0.4, 0.5) is 0 Å². The van der Waals surface area contributed by atoms with Crippen LogP contribution in [-0.4, -0.2) is 77.6 Å². The van der Waals surface area contributed by atoms with Crippen molar-refractivity contribution >= 4 is 11.1 Å². The van der Waals surface area contributed by atoms with Crippen LogP contribution in [0.3, 0.4) is 0 Å².